The molecule has 2 aliphatic rings. The van der Waals surface area contributed by atoms with Crippen LogP contribution in [0.5, 0.6) is 5.75 Å². The van der Waals surface area contributed by atoms with Gasteiger partial charge in [-0.2, -0.15) is 11.8 Å². The predicted octanol–water partition coefficient (Wildman–Crippen LogP) is 3.38. The first-order valence-corrected chi connectivity index (χ1v) is 13.8. The van der Waals surface area contributed by atoms with Gasteiger partial charge < -0.3 is 20.1 Å². The van der Waals surface area contributed by atoms with Crippen molar-refractivity contribution in [2.75, 3.05) is 24.3 Å². The molecule has 198 valence electrons. The largest absolute Gasteiger partial charge is 0.490 e. The monoisotopic (exact) mass is 535 g/mol. The molecule has 4 heterocycles. The third-order valence-corrected chi connectivity index (χ3v) is 8.24. The first-order valence-electron chi connectivity index (χ1n) is 12.7. The second-order valence-corrected chi connectivity index (χ2v) is 10.6. The average Bonchev–Trinajstić information content (AvgIpc) is 3.48. The van der Waals surface area contributed by atoms with E-state index in [1.165, 1.54) is 18.6 Å². The van der Waals surface area contributed by atoms with Gasteiger partial charge in [-0.25, -0.2) is 4.98 Å². The minimum atomic E-state index is -0.407. The molecule has 3 atom stereocenters. The molecule has 10 nitrogen and oxygen atoms in total. The Kier molecular flexibility index (Phi) is 8.32. The fourth-order valence-electron chi connectivity index (χ4n) is 4.85. The van der Waals surface area contributed by atoms with E-state index in [0.717, 1.165) is 30.4 Å². The van der Waals surface area contributed by atoms with Crippen LogP contribution in [0.15, 0.2) is 49.1 Å². The van der Waals surface area contributed by atoms with Crippen LogP contribution in [-0.2, 0) is 14.3 Å². The third-order valence-electron chi connectivity index (χ3n) is 6.67. The lowest BCUT2D eigenvalue weighted by Gasteiger charge is -2.17. The molecule has 38 heavy (non-hydrogen) atoms. The van der Waals surface area contributed by atoms with Crippen molar-refractivity contribution in [3.05, 3.63) is 54.7 Å². The Morgan fingerprint density at radius 3 is 2.92 bits per heavy atom. The van der Waals surface area contributed by atoms with Gasteiger partial charge in [0.2, 0.25) is 5.91 Å². The van der Waals surface area contributed by atoms with Crippen molar-refractivity contribution in [3.63, 3.8) is 0 Å². The van der Waals surface area contributed by atoms with E-state index < -0.39 is 5.91 Å². The lowest BCUT2D eigenvalue weighted by molar-refractivity contribution is -0.144. The number of amides is 2. The first-order chi connectivity index (χ1) is 18.6. The molecule has 2 fully saturated rings. The minimum absolute atomic E-state index is 0.124. The van der Waals surface area contributed by atoms with Gasteiger partial charge in [0.15, 0.2) is 0 Å². The Balaban J connectivity index is 1.06. The maximum atomic E-state index is 12.6. The molecular weight excluding hydrogens is 506 g/mol. The Bertz CT molecular complexity index is 1310. The highest BCUT2D eigenvalue weighted by Crippen LogP contribution is 2.39. The molecule has 2 saturated heterocycles. The number of nitrogens with zero attached hydrogens (tertiary/aromatic N) is 3. The van der Waals surface area contributed by atoms with Gasteiger partial charge in [-0.05, 0) is 36.6 Å². The van der Waals surface area contributed by atoms with Gasteiger partial charge in [0.05, 0.1) is 17.4 Å². The van der Waals surface area contributed by atoms with Crippen molar-refractivity contribution in [1.29, 1.82) is 0 Å². The molecule has 3 aromatic rings. The van der Waals surface area contributed by atoms with Crippen LogP contribution in [0.3, 0.4) is 0 Å². The van der Waals surface area contributed by atoms with Crippen LogP contribution in [0.4, 0.5) is 5.69 Å². The fraction of sp³-hybridized carbons (Fsp3) is 0.407. The summed E-state index contributed by atoms with van der Waals surface area (Å²) in [5, 5.41) is 7.16. The van der Waals surface area contributed by atoms with Gasteiger partial charge in [0.1, 0.15) is 24.7 Å². The topological polar surface area (TPSA) is 132 Å². The smallest absolute Gasteiger partial charge is 0.305 e. The quantitative estimate of drug-likeness (QED) is 0.280. The highest BCUT2D eigenvalue weighted by atomic mass is 32.2. The maximum Gasteiger partial charge on any atom is 0.305 e. The number of fused-ring (bicyclic) bond motifs is 2. The van der Waals surface area contributed by atoms with E-state index in [4.69, 9.17) is 9.47 Å². The van der Waals surface area contributed by atoms with Gasteiger partial charge in [0, 0.05) is 54.2 Å². The molecule has 2 N–H and O–H groups in total. The van der Waals surface area contributed by atoms with Crippen molar-refractivity contribution in [3.8, 4) is 5.75 Å². The van der Waals surface area contributed by atoms with Crippen LogP contribution in [0.1, 0.15) is 42.6 Å². The minimum Gasteiger partial charge on any atom is -0.490 e. The zero-order valence-corrected chi connectivity index (χ0v) is 21.6. The molecule has 0 radical (unpaired) electrons. The normalized spacial score (nSPS) is 20.1. The summed E-state index contributed by atoms with van der Waals surface area (Å²) in [6.07, 6.45) is 9.67. The van der Waals surface area contributed by atoms with Crippen molar-refractivity contribution in [1.82, 2.24) is 20.3 Å². The molecule has 0 spiro atoms. The zero-order chi connectivity index (χ0) is 26.3. The van der Waals surface area contributed by atoms with E-state index in [-0.39, 0.29) is 30.8 Å². The van der Waals surface area contributed by atoms with Crippen LogP contribution >= 0.6 is 11.8 Å². The van der Waals surface area contributed by atoms with Crippen LogP contribution in [0.25, 0.3) is 10.9 Å². The van der Waals surface area contributed by atoms with Crippen molar-refractivity contribution in [2.24, 2.45) is 5.92 Å². The Labute approximate surface area is 224 Å². The van der Waals surface area contributed by atoms with Crippen molar-refractivity contribution >= 4 is 46.1 Å². The molecule has 0 saturated carbocycles. The summed E-state index contributed by atoms with van der Waals surface area (Å²) in [6, 6.07) is 7.47. The molecule has 11 heteroatoms. The summed E-state index contributed by atoms with van der Waals surface area (Å²) < 4.78 is 11.1. The number of thioether (sulfide) groups is 1. The van der Waals surface area contributed by atoms with Gasteiger partial charge in [-0.3, -0.25) is 24.4 Å². The molecule has 0 aliphatic carbocycles. The van der Waals surface area contributed by atoms with E-state index in [9.17, 15) is 14.4 Å². The Morgan fingerprint density at radius 2 is 2.05 bits per heavy atom. The molecule has 2 aromatic heterocycles. The summed E-state index contributed by atoms with van der Waals surface area (Å²) in [5.74, 6) is 1.53. The number of carbonyl (C=O) groups is 3. The second kappa shape index (κ2) is 12.2. The van der Waals surface area contributed by atoms with E-state index in [1.54, 1.807) is 18.3 Å². The summed E-state index contributed by atoms with van der Waals surface area (Å²) in [6.45, 7) is 0.302. The number of ether oxygens (including phenoxy) is 2. The molecular formula is C27H29N5O5S. The molecule has 0 bridgehead atoms. The van der Waals surface area contributed by atoms with Crippen LogP contribution < -0.4 is 15.4 Å². The van der Waals surface area contributed by atoms with Gasteiger partial charge in [-0.15, -0.1) is 0 Å². The third kappa shape index (κ3) is 6.39. The highest BCUT2D eigenvalue weighted by Gasteiger charge is 2.42. The number of esters is 1. The number of hydrogen-bond donors (Lipinski definition) is 2. The maximum absolute atomic E-state index is 12.6. The number of rotatable bonds is 11. The summed E-state index contributed by atoms with van der Waals surface area (Å²) >= 11 is 1.93. The van der Waals surface area contributed by atoms with Crippen LogP contribution in [0, 0.1) is 5.92 Å². The Morgan fingerprint density at radius 1 is 1.13 bits per heavy atom. The summed E-state index contributed by atoms with van der Waals surface area (Å²) in [7, 11) is 0. The Hall–Kier alpha value is -3.73. The molecule has 3 unspecified atom stereocenters. The zero-order valence-electron chi connectivity index (χ0n) is 20.8. The highest BCUT2D eigenvalue weighted by molar-refractivity contribution is 8.00. The SMILES string of the molecule is O=C1CC2CSC(CCCCC(=O)OCCOc3cc(NC(=O)c4cnccn4)c4ncccc4c3)C2N1. The number of unbranched alkanes of at least 4 members (excludes halogenated alkanes) is 1. The number of hydrogen-bond acceptors (Lipinski definition) is 9. The summed E-state index contributed by atoms with van der Waals surface area (Å²) in [4.78, 5) is 48.7. The number of nitrogens with one attached hydrogen (secondary N) is 2. The fourth-order valence-corrected chi connectivity index (χ4v) is 6.50. The lowest BCUT2D eigenvalue weighted by atomic mass is 9.97. The van der Waals surface area contributed by atoms with E-state index >= 15 is 0 Å². The van der Waals surface area contributed by atoms with Crippen molar-refractivity contribution in [2.45, 2.75) is 43.4 Å². The second-order valence-electron chi connectivity index (χ2n) is 9.33. The molecule has 2 amide bonds. The number of benzene rings is 1. The standard InChI is InChI=1S/C27H29N5O5S/c33-23-13-18-16-38-22(26(18)32-23)5-1-2-6-24(34)37-11-10-36-19-12-17-4-3-7-30-25(17)20(14-19)31-27(35)21-15-28-8-9-29-21/h3-4,7-9,12,14-15,18,22,26H,1-2,5-6,10-11,13,16H2,(H,31,35)(H,32,33). The van der Waals surface area contributed by atoms with E-state index in [0.29, 0.717) is 47.0 Å². The predicted molar refractivity (Wildman–Crippen MR) is 143 cm³/mol. The van der Waals surface area contributed by atoms with E-state index in [2.05, 4.69) is 25.6 Å². The van der Waals surface area contributed by atoms with Crippen LogP contribution in [-0.4, -0.2) is 63.0 Å². The molecule has 1 aromatic carbocycles. The van der Waals surface area contributed by atoms with Crippen molar-refractivity contribution < 1.29 is 23.9 Å². The number of anilines is 1. The number of pyridine rings is 1. The first kappa shape index (κ1) is 25.9. The summed E-state index contributed by atoms with van der Waals surface area (Å²) in [5.41, 5.74) is 1.28. The molecule has 2 aliphatic heterocycles. The molecule has 5 rings (SSSR count). The van der Waals surface area contributed by atoms with Gasteiger partial charge in [0.25, 0.3) is 5.91 Å². The van der Waals surface area contributed by atoms with Crippen LogP contribution in [0.2, 0.25) is 0 Å². The average molecular weight is 536 g/mol. The number of aromatic nitrogens is 3. The van der Waals surface area contributed by atoms with Gasteiger partial charge >= 0.3 is 5.97 Å². The van der Waals surface area contributed by atoms with E-state index in [1.807, 2.05) is 23.9 Å². The lowest BCUT2D eigenvalue weighted by Crippen LogP contribution is -2.34. The van der Waals surface area contributed by atoms with Gasteiger partial charge in [-0.1, -0.05) is 12.5 Å². The number of carbonyl (C=O) groups excluding carboxylic acids is 3.